The minimum absolute atomic E-state index is 0.154. The molecule has 0 radical (unpaired) electrons. The zero-order chi connectivity index (χ0) is 22.8. The zero-order valence-corrected chi connectivity index (χ0v) is 16.3. The predicted octanol–water partition coefficient (Wildman–Crippen LogP) is 2.48. The Morgan fingerprint density at radius 2 is 1.68 bits per heavy atom. The van der Waals surface area contributed by atoms with E-state index in [1.165, 1.54) is 18.2 Å². The second kappa shape index (κ2) is 10.7. The van der Waals surface area contributed by atoms with Crippen LogP contribution in [0, 0.1) is 11.3 Å². The van der Waals surface area contributed by atoms with E-state index in [2.05, 4.69) is 16.5 Å². The van der Waals surface area contributed by atoms with Crippen LogP contribution < -0.4 is 26.8 Å². The molecule has 1 heterocycles. The number of hydrogen-bond donors (Lipinski definition) is 4. The number of rotatable bonds is 5. The van der Waals surface area contributed by atoms with E-state index in [-0.39, 0.29) is 23.6 Å². The summed E-state index contributed by atoms with van der Waals surface area (Å²) in [5.74, 6) is 0.175. The van der Waals surface area contributed by atoms with E-state index in [0.29, 0.717) is 11.4 Å². The molecule has 10 nitrogen and oxygen atoms in total. The van der Waals surface area contributed by atoms with Crippen LogP contribution in [0.15, 0.2) is 67.0 Å². The van der Waals surface area contributed by atoms with Crippen molar-refractivity contribution in [2.45, 2.75) is 6.61 Å². The van der Waals surface area contributed by atoms with Gasteiger partial charge in [0.2, 0.25) is 0 Å². The number of aromatic hydroxyl groups is 1. The van der Waals surface area contributed by atoms with Crippen molar-refractivity contribution < 1.29 is 19.4 Å². The largest absolute Gasteiger partial charge is 0.506 e. The standard InChI is InChI=1S/C20H16N4O3.CH4N2O/c21-12-15-5-6-16(18(25)11-15)24(20(22)26)17-3-1-2-4-19(17)27-13-14-7-9-23-10-8-14;2-1(3)4/h1-11,25H,13H2,(H2,22,26);(H4,2,3,4). The van der Waals surface area contributed by atoms with E-state index in [4.69, 9.17) is 20.5 Å². The van der Waals surface area contributed by atoms with E-state index in [1.807, 2.05) is 18.2 Å². The molecule has 1 aromatic heterocycles. The SMILES string of the molecule is N#Cc1ccc(N(C(N)=O)c2ccccc2OCc2ccncc2)c(O)c1.NC(N)=O. The van der Waals surface area contributed by atoms with Crippen LogP contribution >= 0.6 is 0 Å². The van der Waals surface area contributed by atoms with Crippen molar-refractivity contribution in [2.75, 3.05) is 4.90 Å². The lowest BCUT2D eigenvalue weighted by Gasteiger charge is -2.24. The highest BCUT2D eigenvalue weighted by atomic mass is 16.5. The highest BCUT2D eigenvalue weighted by Gasteiger charge is 2.22. The summed E-state index contributed by atoms with van der Waals surface area (Å²) < 4.78 is 5.85. The molecule has 158 valence electrons. The third kappa shape index (κ3) is 6.37. The molecular formula is C21H20N6O4. The molecule has 0 aliphatic carbocycles. The van der Waals surface area contributed by atoms with Gasteiger partial charge < -0.3 is 27.0 Å². The molecule has 2 aromatic carbocycles. The third-order valence-corrected chi connectivity index (χ3v) is 3.82. The van der Waals surface area contributed by atoms with Crippen LogP contribution in [0.2, 0.25) is 0 Å². The Morgan fingerprint density at radius 3 is 2.26 bits per heavy atom. The van der Waals surface area contributed by atoms with Crippen molar-refractivity contribution in [1.29, 1.82) is 5.26 Å². The lowest BCUT2D eigenvalue weighted by atomic mass is 10.1. The third-order valence-electron chi connectivity index (χ3n) is 3.82. The van der Waals surface area contributed by atoms with Crippen molar-refractivity contribution in [1.82, 2.24) is 4.98 Å². The zero-order valence-electron chi connectivity index (χ0n) is 16.3. The van der Waals surface area contributed by atoms with Gasteiger partial charge in [0.05, 0.1) is 23.0 Å². The Morgan fingerprint density at radius 1 is 1.03 bits per heavy atom. The first-order valence-electron chi connectivity index (χ1n) is 8.81. The molecule has 0 aliphatic rings. The normalized spacial score (nSPS) is 9.52. The summed E-state index contributed by atoms with van der Waals surface area (Å²) in [7, 11) is 0. The molecule has 0 saturated carbocycles. The molecule has 0 saturated heterocycles. The summed E-state index contributed by atoms with van der Waals surface area (Å²) in [5.41, 5.74) is 15.8. The van der Waals surface area contributed by atoms with Crippen LogP contribution in [0.1, 0.15) is 11.1 Å². The number of nitrogens with two attached hydrogens (primary N) is 3. The van der Waals surface area contributed by atoms with E-state index >= 15 is 0 Å². The Kier molecular flexibility index (Phi) is 7.75. The lowest BCUT2D eigenvalue weighted by Crippen LogP contribution is -2.31. The molecule has 31 heavy (non-hydrogen) atoms. The van der Waals surface area contributed by atoms with Crippen LogP contribution in [0.4, 0.5) is 21.0 Å². The van der Waals surface area contributed by atoms with Crippen molar-refractivity contribution in [3.63, 3.8) is 0 Å². The number of phenolic OH excluding ortho intramolecular Hbond substituents is 1. The summed E-state index contributed by atoms with van der Waals surface area (Å²) in [6.45, 7) is 0.269. The smallest absolute Gasteiger partial charge is 0.324 e. The molecule has 3 aromatic rings. The number of hydrogen-bond acceptors (Lipinski definition) is 6. The van der Waals surface area contributed by atoms with Crippen molar-refractivity contribution in [2.24, 2.45) is 17.2 Å². The molecule has 7 N–H and O–H groups in total. The molecule has 0 bridgehead atoms. The summed E-state index contributed by atoms with van der Waals surface area (Å²) >= 11 is 0. The summed E-state index contributed by atoms with van der Waals surface area (Å²) in [4.78, 5) is 26.2. The Bertz CT molecular complexity index is 1090. The van der Waals surface area contributed by atoms with Gasteiger partial charge in [-0.1, -0.05) is 12.1 Å². The molecule has 3 rings (SSSR count). The fourth-order valence-corrected chi connectivity index (χ4v) is 2.55. The second-order valence-electron chi connectivity index (χ2n) is 6.00. The number of carbonyl (C=O) groups excluding carboxylic acids is 2. The van der Waals surface area contributed by atoms with Crippen molar-refractivity contribution in [3.05, 3.63) is 78.1 Å². The number of benzene rings is 2. The fraction of sp³-hybridized carbons (Fsp3) is 0.0476. The maximum atomic E-state index is 12.1. The number of anilines is 2. The van der Waals surface area contributed by atoms with Gasteiger partial charge in [-0.25, -0.2) is 9.59 Å². The lowest BCUT2D eigenvalue weighted by molar-refractivity contribution is 0.255. The van der Waals surface area contributed by atoms with Crippen LogP contribution in [-0.4, -0.2) is 22.2 Å². The maximum absolute atomic E-state index is 12.1. The topological polar surface area (TPSA) is 182 Å². The minimum Gasteiger partial charge on any atom is -0.506 e. The van der Waals surface area contributed by atoms with Crippen molar-refractivity contribution in [3.8, 4) is 17.6 Å². The molecule has 0 atom stereocenters. The highest BCUT2D eigenvalue weighted by Crippen LogP contribution is 2.38. The number of urea groups is 2. The number of carbonyl (C=O) groups is 2. The number of phenols is 1. The molecule has 4 amide bonds. The van der Waals surface area contributed by atoms with Gasteiger partial charge in [-0.3, -0.25) is 9.88 Å². The van der Waals surface area contributed by atoms with Gasteiger partial charge in [-0.15, -0.1) is 0 Å². The Labute approximate surface area is 178 Å². The van der Waals surface area contributed by atoms with Crippen LogP contribution in [-0.2, 0) is 6.61 Å². The average molecular weight is 420 g/mol. The number of amides is 4. The second-order valence-corrected chi connectivity index (χ2v) is 6.00. The van der Waals surface area contributed by atoms with Crippen LogP contribution in [0.3, 0.4) is 0 Å². The Balaban J connectivity index is 0.000000785. The first-order chi connectivity index (χ1) is 14.8. The predicted molar refractivity (Wildman–Crippen MR) is 113 cm³/mol. The van der Waals surface area contributed by atoms with Gasteiger partial charge in [0.1, 0.15) is 18.1 Å². The van der Waals surface area contributed by atoms with Gasteiger partial charge in [0.15, 0.2) is 0 Å². The van der Waals surface area contributed by atoms with Crippen molar-refractivity contribution >= 4 is 23.4 Å². The maximum Gasteiger partial charge on any atom is 0.324 e. The quantitative estimate of drug-likeness (QED) is 0.491. The van der Waals surface area contributed by atoms with Gasteiger partial charge in [0, 0.05) is 12.4 Å². The molecule has 0 fully saturated rings. The number of ether oxygens (including phenoxy) is 1. The van der Waals surface area contributed by atoms with Gasteiger partial charge in [-0.05, 0) is 48.0 Å². The summed E-state index contributed by atoms with van der Waals surface area (Å²) in [6.07, 6.45) is 3.32. The number of para-hydroxylation sites is 2. The van der Waals surface area contributed by atoms with Gasteiger partial charge in [-0.2, -0.15) is 5.26 Å². The van der Waals surface area contributed by atoms with E-state index in [0.717, 1.165) is 10.5 Å². The van der Waals surface area contributed by atoms with Crippen LogP contribution in [0.25, 0.3) is 0 Å². The fourth-order valence-electron chi connectivity index (χ4n) is 2.55. The van der Waals surface area contributed by atoms with Crippen LogP contribution in [0.5, 0.6) is 11.5 Å². The molecular weight excluding hydrogens is 400 g/mol. The number of aromatic nitrogens is 1. The summed E-state index contributed by atoms with van der Waals surface area (Å²) in [5, 5.41) is 19.2. The highest BCUT2D eigenvalue weighted by molar-refractivity contribution is 6.01. The number of nitriles is 1. The number of primary amides is 3. The van der Waals surface area contributed by atoms with E-state index in [1.54, 1.807) is 36.7 Å². The Hall–Kier alpha value is -4.78. The molecule has 10 heteroatoms. The van der Waals surface area contributed by atoms with E-state index in [9.17, 15) is 9.90 Å². The van der Waals surface area contributed by atoms with Gasteiger partial charge in [0.25, 0.3) is 0 Å². The molecule has 0 unspecified atom stereocenters. The number of nitrogens with zero attached hydrogens (tertiary/aromatic N) is 3. The molecule has 0 aliphatic heterocycles. The van der Waals surface area contributed by atoms with Gasteiger partial charge >= 0.3 is 12.1 Å². The minimum atomic E-state index is -0.833. The average Bonchev–Trinajstić information content (AvgIpc) is 2.74. The monoisotopic (exact) mass is 420 g/mol. The number of pyridine rings is 1. The summed E-state index contributed by atoms with van der Waals surface area (Å²) in [6, 6.07) is 15.0. The first kappa shape index (κ1) is 22.5. The first-order valence-corrected chi connectivity index (χ1v) is 8.81. The van der Waals surface area contributed by atoms with E-state index < -0.39 is 12.1 Å². The molecule has 0 spiro atoms.